The van der Waals surface area contributed by atoms with Crippen molar-refractivity contribution in [3.63, 3.8) is 0 Å². The van der Waals surface area contributed by atoms with E-state index in [1.807, 2.05) is 37.3 Å². The molecule has 0 aliphatic carbocycles. The van der Waals surface area contributed by atoms with E-state index in [0.29, 0.717) is 36.2 Å². The average molecular weight is 382 g/mol. The molecule has 0 spiro atoms. The van der Waals surface area contributed by atoms with Crippen LogP contribution in [0.3, 0.4) is 0 Å². The van der Waals surface area contributed by atoms with Crippen LogP contribution in [-0.4, -0.2) is 29.8 Å². The molecule has 0 saturated carbocycles. The lowest BCUT2D eigenvalue weighted by Gasteiger charge is -2.10. The Hall–Kier alpha value is -3.35. The summed E-state index contributed by atoms with van der Waals surface area (Å²) in [6.07, 6.45) is 1.28. The van der Waals surface area contributed by atoms with Crippen molar-refractivity contribution in [1.82, 2.24) is 10.1 Å². The van der Waals surface area contributed by atoms with Crippen molar-refractivity contribution in [2.75, 3.05) is 13.7 Å². The van der Waals surface area contributed by atoms with Crippen LogP contribution in [-0.2, 0) is 11.2 Å². The van der Waals surface area contributed by atoms with Gasteiger partial charge in [0.1, 0.15) is 5.75 Å². The molecule has 0 atom stereocenters. The van der Waals surface area contributed by atoms with Gasteiger partial charge in [-0.2, -0.15) is 4.98 Å². The number of hydrogen-bond acceptors (Lipinski definition) is 7. The minimum absolute atomic E-state index is 0.117. The molecule has 0 unspecified atom stereocenters. The van der Waals surface area contributed by atoms with E-state index in [2.05, 4.69) is 10.1 Å². The largest absolute Gasteiger partial charge is 0.497 e. The summed E-state index contributed by atoms with van der Waals surface area (Å²) < 4.78 is 21.4. The van der Waals surface area contributed by atoms with Crippen molar-refractivity contribution < 1.29 is 23.5 Å². The van der Waals surface area contributed by atoms with E-state index in [-0.39, 0.29) is 6.42 Å². The molecule has 28 heavy (non-hydrogen) atoms. The Morgan fingerprint density at radius 1 is 1.07 bits per heavy atom. The van der Waals surface area contributed by atoms with Gasteiger partial charge in [0.25, 0.3) is 0 Å². The molecule has 0 saturated heterocycles. The molecule has 0 N–H and O–H groups in total. The summed E-state index contributed by atoms with van der Waals surface area (Å²) in [7, 11) is 1.61. The minimum Gasteiger partial charge on any atom is -0.497 e. The van der Waals surface area contributed by atoms with Gasteiger partial charge < -0.3 is 18.7 Å². The van der Waals surface area contributed by atoms with Crippen LogP contribution in [0, 0.1) is 0 Å². The van der Waals surface area contributed by atoms with Gasteiger partial charge in [-0.25, -0.2) is 0 Å². The molecule has 1 heterocycles. The Bertz CT molecular complexity index is 905. The third kappa shape index (κ3) is 5.09. The minimum atomic E-state index is -0.392. The molecule has 0 bridgehead atoms. The fraction of sp³-hybridized carbons (Fsp3) is 0.286. The van der Waals surface area contributed by atoms with Crippen molar-refractivity contribution in [2.24, 2.45) is 0 Å². The Kier molecular flexibility index (Phi) is 6.62. The van der Waals surface area contributed by atoms with Gasteiger partial charge in [-0.15, -0.1) is 0 Å². The fourth-order valence-electron chi connectivity index (χ4n) is 2.46. The molecular formula is C21H22N2O5. The zero-order valence-corrected chi connectivity index (χ0v) is 15.9. The molecule has 1 aromatic heterocycles. The molecule has 2 aromatic carbocycles. The van der Waals surface area contributed by atoms with Crippen LogP contribution in [0.5, 0.6) is 17.2 Å². The first-order valence-electron chi connectivity index (χ1n) is 9.09. The van der Waals surface area contributed by atoms with E-state index in [1.165, 1.54) is 0 Å². The molecule has 3 aromatic rings. The quantitative estimate of drug-likeness (QED) is 0.407. The third-order valence-electron chi connectivity index (χ3n) is 3.89. The first-order valence-corrected chi connectivity index (χ1v) is 9.09. The highest BCUT2D eigenvalue weighted by Crippen LogP contribution is 2.27. The van der Waals surface area contributed by atoms with Gasteiger partial charge in [-0.1, -0.05) is 24.2 Å². The van der Waals surface area contributed by atoms with Gasteiger partial charge in [-0.3, -0.25) is 4.79 Å². The van der Waals surface area contributed by atoms with E-state index >= 15 is 0 Å². The van der Waals surface area contributed by atoms with E-state index in [1.54, 1.807) is 25.3 Å². The fourth-order valence-corrected chi connectivity index (χ4v) is 2.46. The van der Waals surface area contributed by atoms with Crippen molar-refractivity contribution in [2.45, 2.75) is 26.2 Å². The molecule has 3 rings (SSSR count). The molecule has 0 radical (unpaired) electrons. The van der Waals surface area contributed by atoms with Crippen LogP contribution in [0.2, 0.25) is 0 Å². The first kappa shape index (κ1) is 19.4. The maximum Gasteiger partial charge on any atom is 0.311 e. The number of benzene rings is 2. The Morgan fingerprint density at radius 3 is 2.54 bits per heavy atom. The summed E-state index contributed by atoms with van der Waals surface area (Å²) in [5.41, 5.74) is 0.806. The number of aromatic nitrogens is 2. The normalized spacial score (nSPS) is 10.5. The number of esters is 1. The van der Waals surface area contributed by atoms with Crippen LogP contribution < -0.4 is 14.2 Å². The molecule has 0 aliphatic heterocycles. The van der Waals surface area contributed by atoms with Gasteiger partial charge in [0.05, 0.1) is 20.1 Å². The van der Waals surface area contributed by atoms with Crippen molar-refractivity contribution in [1.29, 1.82) is 0 Å². The third-order valence-corrected chi connectivity index (χ3v) is 3.89. The van der Waals surface area contributed by atoms with E-state index < -0.39 is 5.97 Å². The molecule has 0 aliphatic rings. The molecular weight excluding hydrogens is 360 g/mol. The van der Waals surface area contributed by atoms with E-state index in [0.717, 1.165) is 17.7 Å². The molecule has 0 fully saturated rings. The van der Waals surface area contributed by atoms with Gasteiger partial charge in [0, 0.05) is 12.0 Å². The van der Waals surface area contributed by atoms with Crippen molar-refractivity contribution >= 4 is 5.97 Å². The topological polar surface area (TPSA) is 83.7 Å². The number of aryl methyl sites for hydroxylation is 1. The number of hydrogen-bond donors (Lipinski definition) is 0. The second kappa shape index (κ2) is 9.55. The van der Waals surface area contributed by atoms with Crippen molar-refractivity contribution in [3.05, 3.63) is 54.4 Å². The highest BCUT2D eigenvalue weighted by atomic mass is 16.6. The molecule has 7 heteroatoms. The van der Waals surface area contributed by atoms with Crippen LogP contribution in [0.15, 0.2) is 53.1 Å². The predicted molar refractivity (Wildman–Crippen MR) is 102 cm³/mol. The van der Waals surface area contributed by atoms with E-state index in [9.17, 15) is 4.79 Å². The van der Waals surface area contributed by atoms with Gasteiger partial charge >= 0.3 is 5.97 Å². The molecule has 7 nitrogen and oxygen atoms in total. The SMILES string of the molecule is CCCOc1ccccc1OC(=O)CCc1nc(-c2ccc(OC)cc2)no1. The standard InChI is InChI=1S/C21H22N2O5/c1-3-14-26-17-6-4-5-7-18(17)27-20(24)13-12-19-22-21(23-28-19)15-8-10-16(25-2)11-9-15/h4-11H,3,12-14H2,1-2H3. The molecule has 0 amide bonds. The summed E-state index contributed by atoms with van der Waals surface area (Å²) in [4.78, 5) is 16.5. The highest BCUT2D eigenvalue weighted by Gasteiger charge is 2.14. The van der Waals surface area contributed by atoms with Crippen LogP contribution in [0.25, 0.3) is 11.4 Å². The average Bonchev–Trinajstić information content (AvgIpc) is 3.21. The number of nitrogens with zero attached hydrogens (tertiary/aromatic N) is 2. The summed E-state index contributed by atoms with van der Waals surface area (Å²) in [6.45, 7) is 2.57. The first-order chi connectivity index (χ1) is 13.7. The second-order valence-corrected chi connectivity index (χ2v) is 6.01. The Morgan fingerprint density at radius 2 is 1.82 bits per heavy atom. The maximum atomic E-state index is 12.2. The van der Waals surface area contributed by atoms with Crippen LogP contribution in [0.4, 0.5) is 0 Å². The summed E-state index contributed by atoms with van der Waals surface area (Å²) in [5, 5.41) is 3.95. The lowest BCUT2D eigenvalue weighted by molar-refractivity contribution is -0.134. The van der Waals surface area contributed by atoms with Crippen LogP contribution in [0.1, 0.15) is 25.7 Å². The Balaban J connectivity index is 1.56. The zero-order chi connectivity index (χ0) is 19.8. The second-order valence-electron chi connectivity index (χ2n) is 6.01. The maximum absolute atomic E-state index is 12.2. The van der Waals surface area contributed by atoms with Crippen LogP contribution >= 0.6 is 0 Å². The van der Waals surface area contributed by atoms with Crippen molar-refractivity contribution in [3.8, 4) is 28.6 Å². The number of carbonyl (C=O) groups is 1. The summed E-state index contributed by atoms with van der Waals surface area (Å²) >= 11 is 0. The Labute approximate surface area is 163 Å². The monoisotopic (exact) mass is 382 g/mol. The highest BCUT2D eigenvalue weighted by molar-refractivity contribution is 5.73. The summed E-state index contributed by atoms with van der Waals surface area (Å²) in [6, 6.07) is 14.4. The molecule has 146 valence electrons. The van der Waals surface area contributed by atoms with Gasteiger partial charge in [-0.05, 0) is 42.8 Å². The van der Waals surface area contributed by atoms with Gasteiger partial charge in [0.2, 0.25) is 11.7 Å². The summed E-state index contributed by atoms with van der Waals surface area (Å²) in [5.74, 6) is 2.15. The smallest absolute Gasteiger partial charge is 0.311 e. The lowest BCUT2D eigenvalue weighted by Crippen LogP contribution is -2.10. The van der Waals surface area contributed by atoms with Gasteiger partial charge in [0.15, 0.2) is 11.5 Å². The number of methoxy groups -OCH3 is 1. The lowest BCUT2D eigenvalue weighted by atomic mass is 10.2. The predicted octanol–water partition coefficient (Wildman–Crippen LogP) is 4.07. The number of rotatable bonds is 9. The zero-order valence-electron chi connectivity index (χ0n) is 15.9. The number of para-hydroxylation sites is 2. The number of carbonyl (C=O) groups excluding carboxylic acids is 1. The number of ether oxygens (including phenoxy) is 3. The van der Waals surface area contributed by atoms with E-state index in [4.69, 9.17) is 18.7 Å².